The van der Waals surface area contributed by atoms with Gasteiger partial charge in [0.25, 0.3) is 0 Å². The second-order valence-electron chi connectivity index (χ2n) is 6.81. The topological polar surface area (TPSA) is 93.7 Å². The molecule has 0 aliphatic carbocycles. The van der Waals surface area contributed by atoms with Gasteiger partial charge in [-0.15, -0.1) is 4.91 Å². The summed E-state index contributed by atoms with van der Waals surface area (Å²) in [5.74, 6) is 7.31. The molecule has 2 heterocycles. The normalized spacial score (nSPS) is 11.8. The van der Waals surface area contributed by atoms with Gasteiger partial charge < -0.3 is 4.74 Å². The van der Waals surface area contributed by atoms with Crippen LogP contribution in [0.3, 0.4) is 0 Å². The third-order valence-corrected chi connectivity index (χ3v) is 5.27. The minimum atomic E-state index is -0.573. The molecule has 1 atom stereocenters. The first-order valence-corrected chi connectivity index (χ1v) is 10.1. The molecule has 0 bridgehead atoms. The molecule has 4 aromatic rings. The minimum absolute atomic E-state index is 0.193. The van der Waals surface area contributed by atoms with Crippen molar-refractivity contribution >= 4 is 33.9 Å². The van der Waals surface area contributed by atoms with E-state index in [0.29, 0.717) is 33.8 Å². The molecular formula is C23H20ClN5O2. The summed E-state index contributed by atoms with van der Waals surface area (Å²) in [6.07, 6.45) is 4.92. The van der Waals surface area contributed by atoms with Crippen molar-refractivity contribution in [1.29, 1.82) is 0 Å². The van der Waals surface area contributed by atoms with Gasteiger partial charge in [0, 0.05) is 23.3 Å². The lowest BCUT2D eigenvalue weighted by Crippen LogP contribution is -2.36. The van der Waals surface area contributed by atoms with E-state index in [0.717, 1.165) is 11.3 Å². The van der Waals surface area contributed by atoms with Gasteiger partial charge in [0.05, 0.1) is 29.6 Å². The number of nitrogens with two attached hydrogens (primary N) is 1. The average Bonchev–Trinajstić information content (AvgIpc) is 2.81. The Bertz CT molecular complexity index is 1200. The minimum Gasteiger partial charge on any atom is -0.494 e. The molecule has 0 aliphatic heterocycles. The summed E-state index contributed by atoms with van der Waals surface area (Å²) in [5.41, 5.74) is 2.65. The number of rotatable bonds is 7. The summed E-state index contributed by atoms with van der Waals surface area (Å²) in [4.78, 5) is 20.5. The number of pyridine rings is 2. The van der Waals surface area contributed by atoms with Crippen LogP contribution in [0.2, 0.25) is 5.02 Å². The van der Waals surface area contributed by atoms with Crippen molar-refractivity contribution in [3.05, 3.63) is 94.2 Å². The highest BCUT2D eigenvalue weighted by Crippen LogP contribution is 2.42. The number of hydrazine groups is 1. The van der Waals surface area contributed by atoms with Crippen LogP contribution in [0.5, 0.6) is 5.75 Å². The van der Waals surface area contributed by atoms with Crippen LogP contribution in [0.1, 0.15) is 24.1 Å². The monoisotopic (exact) mass is 433 g/mol. The third kappa shape index (κ3) is 4.05. The van der Waals surface area contributed by atoms with Crippen LogP contribution in [0.15, 0.2) is 78.4 Å². The van der Waals surface area contributed by atoms with Crippen molar-refractivity contribution in [2.24, 2.45) is 11.0 Å². The summed E-state index contributed by atoms with van der Waals surface area (Å²) in [6.45, 7) is 2.49. The highest BCUT2D eigenvalue weighted by atomic mass is 35.5. The van der Waals surface area contributed by atoms with E-state index in [1.807, 2.05) is 37.3 Å². The molecule has 31 heavy (non-hydrogen) atoms. The third-order valence-electron chi connectivity index (χ3n) is 4.96. The molecule has 0 fully saturated rings. The quantitative estimate of drug-likeness (QED) is 0.233. The fourth-order valence-electron chi connectivity index (χ4n) is 3.57. The van der Waals surface area contributed by atoms with E-state index in [4.69, 9.17) is 22.2 Å². The number of ether oxygens (including phenoxy) is 1. The second kappa shape index (κ2) is 9.07. The lowest BCUT2D eigenvalue weighted by atomic mass is 9.94. The molecule has 2 aromatic heterocycles. The lowest BCUT2D eigenvalue weighted by Gasteiger charge is -2.31. The highest BCUT2D eigenvalue weighted by Gasteiger charge is 2.27. The first kappa shape index (κ1) is 20.7. The van der Waals surface area contributed by atoms with Crippen molar-refractivity contribution in [1.82, 2.24) is 9.97 Å². The standard InChI is InChI=1S/C23H20ClN5O2/c1-2-31-17-9-7-15(8-10-17)23(29(25)16-5-3-11-26-14-16)19-13-20(24)18-6-4-12-27-21(18)22(19)28-30/h3-14,23H,2,25H2,1H3. The van der Waals surface area contributed by atoms with E-state index in [1.54, 1.807) is 42.9 Å². The molecule has 4 rings (SSSR count). The van der Waals surface area contributed by atoms with E-state index in [9.17, 15) is 4.91 Å². The Kier molecular flexibility index (Phi) is 6.06. The Morgan fingerprint density at radius 3 is 2.61 bits per heavy atom. The van der Waals surface area contributed by atoms with Crippen LogP contribution < -0.4 is 15.6 Å². The maximum Gasteiger partial charge on any atom is 0.139 e. The molecular weight excluding hydrogens is 414 g/mol. The molecule has 0 amide bonds. The number of fused-ring (bicyclic) bond motifs is 1. The first-order valence-electron chi connectivity index (χ1n) is 9.71. The predicted molar refractivity (Wildman–Crippen MR) is 123 cm³/mol. The summed E-state index contributed by atoms with van der Waals surface area (Å²) in [5, 5.41) is 5.97. The summed E-state index contributed by atoms with van der Waals surface area (Å²) >= 11 is 6.56. The molecule has 2 aromatic carbocycles. The molecule has 8 heteroatoms. The van der Waals surface area contributed by atoms with Gasteiger partial charge >= 0.3 is 0 Å². The van der Waals surface area contributed by atoms with Gasteiger partial charge in [0.1, 0.15) is 17.0 Å². The number of halogens is 1. The predicted octanol–water partition coefficient (Wildman–Crippen LogP) is 5.55. The summed E-state index contributed by atoms with van der Waals surface area (Å²) in [6, 6.07) is 15.9. The Hall–Kier alpha value is -3.55. The van der Waals surface area contributed by atoms with Gasteiger partial charge in [-0.25, -0.2) is 5.84 Å². The Morgan fingerprint density at radius 2 is 1.94 bits per heavy atom. The summed E-state index contributed by atoms with van der Waals surface area (Å²) in [7, 11) is 0. The maximum atomic E-state index is 12.0. The molecule has 0 aliphatic rings. The second-order valence-corrected chi connectivity index (χ2v) is 7.22. The summed E-state index contributed by atoms with van der Waals surface area (Å²) < 4.78 is 5.56. The van der Waals surface area contributed by atoms with Crippen LogP contribution in [0.25, 0.3) is 10.9 Å². The molecule has 0 radical (unpaired) electrons. The van der Waals surface area contributed by atoms with Crippen molar-refractivity contribution in [2.75, 3.05) is 11.6 Å². The Labute approximate surface area is 184 Å². The highest BCUT2D eigenvalue weighted by molar-refractivity contribution is 6.36. The fourth-order valence-corrected chi connectivity index (χ4v) is 3.84. The van der Waals surface area contributed by atoms with Gasteiger partial charge in [-0.1, -0.05) is 23.7 Å². The van der Waals surface area contributed by atoms with E-state index in [-0.39, 0.29) is 5.69 Å². The van der Waals surface area contributed by atoms with Crippen molar-refractivity contribution in [2.45, 2.75) is 13.0 Å². The maximum absolute atomic E-state index is 12.0. The first-order chi connectivity index (χ1) is 15.1. The van der Waals surface area contributed by atoms with Crippen molar-refractivity contribution in [3.63, 3.8) is 0 Å². The number of benzene rings is 2. The molecule has 0 saturated carbocycles. The van der Waals surface area contributed by atoms with Gasteiger partial charge in [-0.2, -0.15) is 0 Å². The van der Waals surface area contributed by atoms with Crippen LogP contribution in [0.4, 0.5) is 11.4 Å². The van der Waals surface area contributed by atoms with Crippen LogP contribution in [-0.2, 0) is 0 Å². The molecule has 156 valence electrons. The van der Waals surface area contributed by atoms with Gasteiger partial charge in [-0.05, 0) is 60.1 Å². The lowest BCUT2D eigenvalue weighted by molar-refractivity contribution is 0.340. The smallest absolute Gasteiger partial charge is 0.139 e. The van der Waals surface area contributed by atoms with Gasteiger partial charge in [0.15, 0.2) is 0 Å². The number of aromatic nitrogens is 2. The van der Waals surface area contributed by atoms with E-state index < -0.39 is 6.04 Å². The van der Waals surface area contributed by atoms with Crippen LogP contribution >= 0.6 is 11.6 Å². The van der Waals surface area contributed by atoms with Gasteiger partial charge in [0.2, 0.25) is 0 Å². The number of anilines is 1. The number of nitroso groups, excluding NO2 is 1. The molecule has 1 unspecified atom stereocenters. The van der Waals surface area contributed by atoms with E-state index >= 15 is 0 Å². The van der Waals surface area contributed by atoms with Crippen LogP contribution in [0, 0.1) is 4.91 Å². The zero-order chi connectivity index (χ0) is 21.8. The van der Waals surface area contributed by atoms with Crippen molar-refractivity contribution < 1.29 is 4.74 Å². The van der Waals surface area contributed by atoms with E-state index in [1.165, 1.54) is 5.01 Å². The average molecular weight is 434 g/mol. The zero-order valence-corrected chi connectivity index (χ0v) is 17.5. The number of hydrogen-bond acceptors (Lipinski definition) is 7. The van der Waals surface area contributed by atoms with Gasteiger partial charge in [-0.3, -0.25) is 15.0 Å². The largest absolute Gasteiger partial charge is 0.494 e. The van der Waals surface area contributed by atoms with Crippen molar-refractivity contribution in [3.8, 4) is 5.75 Å². The Morgan fingerprint density at radius 1 is 1.16 bits per heavy atom. The molecule has 0 spiro atoms. The number of hydrogen-bond donors (Lipinski definition) is 1. The number of nitrogens with zero attached hydrogens (tertiary/aromatic N) is 4. The molecule has 0 saturated heterocycles. The van der Waals surface area contributed by atoms with Crippen LogP contribution in [-0.4, -0.2) is 16.6 Å². The SMILES string of the molecule is CCOc1ccc(C(c2cc(Cl)c3cccnc3c2N=O)N(N)c2cccnc2)cc1. The Balaban J connectivity index is 1.93. The van der Waals surface area contributed by atoms with E-state index in [2.05, 4.69) is 15.1 Å². The fraction of sp³-hybridized carbons (Fsp3) is 0.130. The zero-order valence-electron chi connectivity index (χ0n) is 16.8. The molecule has 7 nitrogen and oxygen atoms in total. The molecule has 2 N–H and O–H groups in total.